The zero-order chi connectivity index (χ0) is 31.9. The highest BCUT2D eigenvalue weighted by Gasteiger charge is 2.48. The van der Waals surface area contributed by atoms with E-state index in [0.29, 0.717) is 52.1 Å². The van der Waals surface area contributed by atoms with E-state index in [4.69, 9.17) is 23.9 Å². The number of fused-ring (bicyclic) bond motifs is 2. The number of carbonyl (C=O) groups excluding carboxylic acids is 2. The van der Waals surface area contributed by atoms with Gasteiger partial charge in [0.25, 0.3) is 5.78 Å². The molecule has 0 spiro atoms. The highest BCUT2D eigenvalue weighted by Crippen LogP contribution is 2.46. The van der Waals surface area contributed by atoms with Gasteiger partial charge in [-0.2, -0.15) is 0 Å². The van der Waals surface area contributed by atoms with Crippen molar-refractivity contribution in [3.8, 4) is 23.0 Å². The van der Waals surface area contributed by atoms with E-state index >= 15 is 0 Å². The van der Waals surface area contributed by atoms with Crippen LogP contribution in [0.2, 0.25) is 0 Å². The third-order valence-electron chi connectivity index (χ3n) is 8.14. The standard InChI is InChI=1S/C36H30N2O7S/c1-20-15-24-16-23(10-13-27(24)45-20)33(39)31-32(22-9-14-28(29(17-22)43-3)44-19-21-7-5-4-6-8-21)38(35(41)34(31)40)36-37-26-12-11-25(42-2)18-30(26)46-36/h4-14,16-18,20,32,39H,15,19H2,1-3H3/b33-31+/t20-,32+/m0/s1. The van der Waals surface area contributed by atoms with Gasteiger partial charge in [0.15, 0.2) is 16.6 Å². The van der Waals surface area contributed by atoms with Gasteiger partial charge in [0.05, 0.1) is 36.1 Å². The first-order chi connectivity index (χ1) is 22.3. The Balaban J connectivity index is 1.35. The molecule has 7 rings (SSSR count). The monoisotopic (exact) mass is 634 g/mol. The molecule has 1 fully saturated rings. The summed E-state index contributed by atoms with van der Waals surface area (Å²) < 4.78 is 23.8. The summed E-state index contributed by atoms with van der Waals surface area (Å²) in [7, 11) is 3.11. The summed E-state index contributed by atoms with van der Waals surface area (Å²) in [6.45, 7) is 2.30. The smallest absolute Gasteiger partial charge is 0.301 e. The number of nitrogens with zero attached hydrogens (tertiary/aromatic N) is 2. The van der Waals surface area contributed by atoms with E-state index in [0.717, 1.165) is 21.6 Å². The minimum atomic E-state index is -0.997. The van der Waals surface area contributed by atoms with Gasteiger partial charge in [0.1, 0.15) is 30.0 Å². The largest absolute Gasteiger partial charge is 0.507 e. The maximum atomic E-state index is 13.8. The Morgan fingerprint density at radius 3 is 2.59 bits per heavy atom. The number of aliphatic hydroxyl groups excluding tert-OH is 1. The number of rotatable bonds is 8. The normalized spacial score (nSPS) is 18.5. The fraction of sp³-hybridized carbons (Fsp3) is 0.194. The highest BCUT2D eigenvalue weighted by atomic mass is 32.1. The van der Waals surface area contributed by atoms with Crippen molar-refractivity contribution in [2.24, 2.45) is 0 Å². The number of methoxy groups -OCH3 is 2. The minimum Gasteiger partial charge on any atom is -0.507 e. The molecule has 232 valence electrons. The molecule has 1 aromatic heterocycles. The summed E-state index contributed by atoms with van der Waals surface area (Å²) in [4.78, 5) is 33.7. The third-order valence-corrected chi connectivity index (χ3v) is 9.16. The summed E-state index contributed by atoms with van der Waals surface area (Å²) in [5.41, 5.74) is 3.47. The molecule has 3 heterocycles. The van der Waals surface area contributed by atoms with Crippen LogP contribution < -0.4 is 23.8 Å². The Kier molecular flexibility index (Phi) is 7.58. The van der Waals surface area contributed by atoms with Crippen LogP contribution in [0.5, 0.6) is 23.0 Å². The van der Waals surface area contributed by atoms with Crippen molar-refractivity contribution >= 4 is 44.1 Å². The number of aromatic nitrogens is 1. The lowest BCUT2D eigenvalue weighted by Crippen LogP contribution is -2.29. The van der Waals surface area contributed by atoms with E-state index in [9.17, 15) is 14.7 Å². The molecule has 0 saturated carbocycles. The summed E-state index contributed by atoms with van der Waals surface area (Å²) in [5, 5.41) is 12.1. The van der Waals surface area contributed by atoms with Gasteiger partial charge in [-0.25, -0.2) is 4.98 Å². The average molecular weight is 635 g/mol. The SMILES string of the molecule is COc1ccc2nc(N3C(=O)C(=O)/C(=C(/O)c4ccc5c(c4)C[C@H](C)O5)[C@H]3c3ccc(OCc4ccccc4)c(OC)c3)sc2c1. The lowest BCUT2D eigenvalue weighted by atomic mass is 9.94. The lowest BCUT2D eigenvalue weighted by molar-refractivity contribution is -0.132. The third kappa shape index (κ3) is 5.20. The Bertz CT molecular complexity index is 2020. The predicted molar refractivity (Wildman–Crippen MR) is 175 cm³/mol. The number of anilines is 1. The number of aliphatic hydroxyl groups is 1. The van der Waals surface area contributed by atoms with E-state index in [1.165, 1.54) is 23.3 Å². The van der Waals surface area contributed by atoms with Gasteiger partial charge >= 0.3 is 5.91 Å². The average Bonchev–Trinajstić information content (AvgIpc) is 3.75. The molecule has 0 radical (unpaired) electrons. The topological polar surface area (TPSA) is 107 Å². The number of carbonyl (C=O) groups is 2. The van der Waals surface area contributed by atoms with Gasteiger partial charge in [-0.15, -0.1) is 0 Å². The maximum Gasteiger partial charge on any atom is 0.301 e. The molecule has 4 aromatic carbocycles. The zero-order valence-electron chi connectivity index (χ0n) is 25.4. The molecule has 0 unspecified atom stereocenters. The first-order valence-electron chi connectivity index (χ1n) is 14.7. The van der Waals surface area contributed by atoms with E-state index < -0.39 is 17.7 Å². The van der Waals surface area contributed by atoms with E-state index in [1.807, 2.05) is 49.4 Å². The Hall–Kier alpha value is -5.35. The second kappa shape index (κ2) is 11.9. The van der Waals surface area contributed by atoms with Gasteiger partial charge in [-0.1, -0.05) is 47.7 Å². The summed E-state index contributed by atoms with van der Waals surface area (Å²) in [6, 6.07) is 24.7. The number of hydrogen-bond acceptors (Lipinski definition) is 9. The number of benzene rings is 4. The number of ether oxygens (including phenoxy) is 4. The second-order valence-electron chi connectivity index (χ2n) is 11.1. The van der Waals surface area contributed by atoms with Gasteiger partial charge in [0, 0.05) is 12.0 Å². The molecule has 10 heteroatoms. The fourth-order valence-corrected chi connectivity index (χ4v) is 6.92. The van der Waals surface area contributed by atoms with Crippen molar-refractivity contribution < 1.29 is 33.6 Å². The molecule has 0 bridgehead atoms. The van der Waals surface area contributed by atoms with Gasteiger partial charge in [-0.05, 0) is 72.1 Å². The Morgan fingerprint density at radius 2 is 1.80 bits per heavy atom. The van der Waals surface area contributed by atoms with Crippen LogP contribution >= 0.6 is 11.3 Å². The molecule has 2 atom stereocenters. The molecule has 1 saturated heterocycles. The number of Topliss-reactive ketones (excluding diaryl/α,β-unsaturated/α-hetero) is 1. The summed E-state index contributed by atoms with van der Waals surface area (Å²) in [5.74, 6) is 0.406. The molecule has 46 heavy (non-hydrogen) atoms. The van der Waals surface area contributed by atoms with Crippen molar-refractivity contribution in [2.45, 2.75) is 32.1 Å². The van der Waals surface area contributed by atoms with Crippen molar-refractivity contribution in [3.05, 3.63) is 113 Å². The van der Waals surface area contributed by atoms with E-state index in [1.54, 1.807) is 49.6 Å². The van der Waals surface area contributed by atoms with Gasteiger partial charge in [0.2, 0.25) is 0 Å². The molecule has 1 N–H and O–H groups in total. The van der Waals surface area contributed by atoms with E-state index in [2.05, 4.69) is 0 Å². The molecule has 1 amide bonds. The first-order valence-corrected chi connectivity index (χ1v) is 15.6. The molecule has 2 aliphatic heterocycles. The van der Waals surface area contributed by atoms with Crippen LogP contribution in [0.15, 0.2) is 90.5 Å². The summed E-state index contributed by atoms with van der Waals surface area (Å²) in [6.07, 6.45) is 0.677. The van der Waals surface area contributed by atoms with E-state index in [-0.39, 0.29) is 17.4 Å². The van der Waals surface area contributed by atoms with Crippen LogP contribution in [0.3, 0.4) is 0 Å². The molecule has 5 aromatic rings. The minimum absolute atomic E-state index is 0.00530. The molecular weight excluding hydrogens is 604 g/mol. The van der Waals surface area contributed by atoms with Crippen LogP contribution in [-0.2, 0) is 22.6 Å². The Labute approximate surface area is 269 Å². The second-order valence-corrected chi connectivity index (χ2v) is 12.1. The number of hydrogen-bond donors (Lipinski definition) is 1. The highest BCUT2D eigenvalue weighted by molar-refractivity contribution is 7.22. The maximum absolute atomic E-state index is 13.8. The number of thiazole rings is 1. The summed E-state index contributed by atoms with van der Waals surface area (Å²) >= 11 is 1.26. The van der Waals surface area contributed by atoms with Crippen molar-refractivity contribution in [3.63, 3.8) is 0 Å². The zero-order valence-corrected chi connectivity index (χ0v) is 26.2. The van der Waals surface area contributed by atoms with Crippen LogP contribution in [0, 0.1) is 0 Å². The fourth-order valence-electron chi connectivity index (χ4n) is 5.90. The van der Waals surface area contributed by atoms with Crippen LogP contribution in [-0.4, -0.2) is 42.1 Å². The predicted octanol–water partition coefficient (Wildman–Crippen LogP) is 6.84. The molecule has 0 aliphatic carbocycles. The molecule has 9 nitrogen and oxygen atoms in total. The van der Waals surface area contributed by atoms with Crippen molar-refractivity contribution in [2.75, 3.05) is 19.1 Å². The van der Waals surface area contributed by atoms with Crippen molar-refractivity contribution in [1.29, 1.82) is 0 Å². The van der Waals surface area contributed by atoms with Crippen LogP contribution in [0.1, 0.15) is 35.2 Å². The lowest BCUT2D eigenvalue weighted by Gasteiger charge is -2.24. The van der Waals surface area contributed by atoms with Crippen molar-refractivity contribution in [1.82, 2.24) is 4.98 Å². The van der Waals surface area contributed by atoms with Gasteiger partial charge < -0.3 is 24.1 Å². The molecule has 2 aliphatic rings. The van der Waals surface area contributed by atoms with Gasteiger partial charge in [-0.3, -0.25) is 14.5 Å². The first kappa shape index (κ1) is 29.4. The van der Waals surface area contributed by atoms with Crippen LogP contribution in [0.25, 0.3) is 16.0 Å². The number of amides is 1. The Morgan fingerprint density at radius 1 is 0.978 bits per heavy atom. The quantitative estimate of drug-likeness (QED) is 0.112. The molecular formula is C36H30N2O7S. The van der Waals surface area contributed by atoms with Crippen LogP contribution in [0.4, 0.5) is 5.13 Å². The number of ketones is 1.